The van der Waals surface area contributed by atoms with E-state index in [2.05, 4.69) is 16.3 Å². The Hall–Kier alpha value is -1.32. The summed E-state index contributed by atoms with van der Waals surface area (Å²) in [4.78, 5) is 14.2. The molecule has 2 aliphatic heterocycles. The minimum atomic E-state index is -0.853. The van der Waals surface area contributed by atoms with Crippen molar-refractivity contribution in [1.82, 2.24) is 10.2 Å². The molecular weight excluding hydrogens is 258 g/mol. The lowest BCUT2D eigenvalue weighted by molar-refractivity contribution is -0.0777. The van der Waals surface area contributed by atoms with E-state index in [1.165, 1.54) is 0 Å². The van der Waals surface area contributed by atoms with Crippen LogP contribution in [-0.4, -0.2) is 54.5 Å². The van der Waals surface area contributed by atoms with E-state index in [-0.39, 0.29) is 12.1 Å². The fourth-order valence-electron chi connectivity index (χ4n) is 2.89. The predicted octanol–water partition coefficient (Wildman–Crippen LogP) is 1.27. The van der Waals surface area contributed by atoms with Gasteiger partial charge in [-0.15, -0.1) is 0 Å². The summed E-state index contributed by atoms with van der Waals surface area (Å²) >= 11 is 0. The summed E-state index contributed by atoms with van der Waals surface area (Å²) in [5.74, 6) is 0. The first kappa shape index (κ1) is 15.1. The first-order valence-corrected chi connectivity index (χ1v) is 6.97. The molecule has 0 aliphatic carbocycles. The molecule has 2 bridgehead atoms. The van der Waals surface area contributed by atoms with E-state index in [0.717, 1.165) is 0 Å². The molecule has 2 rings (SSSR count). The number of nitrogens with one attached hydrogen (secondary N) is 1. The van der Waals surface area contributed by atoms with E-state index in [4.69, 9.17) is 9.47 Å². The molecule has 2 saturated heterocycles. The van der Waals surface area contributed by atoms with Crippen LogP contribution >= 0.6 is 0 Å². The fourth-order valence-corrected chi connectivity index (χ4v) is 2.89. The van der Waals surface area contributed by atoms with Crippen LogP contribution in [0.4, 0.5) is 4.79 Å². The average molecular weight is 281 g/mol. The highest BCUT2D eigenvalue weighted by Gasteiger charge is 2.47. The molecule has 0 aromatic heterocycles. The number of amides is 1. The number of ether oxygens (including phenoxy) is 2. The number of carbonyl (C=O) groups excluding carboxylic acids is 1. The second-order valence-corrected chi connectivity index (χ2v) is 6.74. The van der Waals surface area contributed by atoms with Gasteiger partial charge in [-0.1, -0.05) is 0 Å². The minimum Gasteiger partial charge on any atom is -0.444 e. The number of likely N-dealkylation sites (N-methyl/N-ethyl adjacent to an activating group) is 1. The van der Waals surface area contributed by atoms with Crippen LogP contribution in [0.5, 0.6) is 0 Å². The zero-order chi connectivity index (χ0) is 15.0. The van der Waals surface area contributed by atoms with Gasteiger partial charge in [-0.3, -0.25) is 4.90 Å². The highest BCUT2D eigenvalue weighted by Crippen LogP contribution is 2.33. The highest BCUT2D eigenvalue weighted by atomic mass is 16.6. The van der Waals surface area contributed by atoms with Crippen LogP contribution in [0.25, 0.3) is 0 Å². The van der Waals surface area contributed by atoms with Gasteiger partial charge >= 0.3 is 6.09 Å². The summed E-state index contributed by atoms with van der Waals surface area (Å²) in [6.45, 7) is 6.63. The molecule has 6 heteroatoms. The van der Waals surface area contributed by atoms with Gasteiger partial charge in [0.25, 0.3) is 0 Å². The van der Waals surface area contributed by atoms with Crippen LogP contribution in [0, 0.1) is 11.3 Å². The molecule has 0 aromatic carbocycles. The number of fused-ring (bicyclic) bond motifs is 2. The quantitative estimate of drug-likeness (QED) is 0.783. The lowest BCUT2D eigenvalue weighted by Gasteiger charge is -2.49. The first-order valence-electron chi connectivity index (χ1n) is 6.97. The van der Waals surface area contributed by atoms with E-state index in [0.29, 0.717) is 26.1 Å². The van der Waals surface area contributed by atoms with Crippen LogP contribution in [0.3, 0.4) is 0 Å². The number of alkyl carbamates (subject to hydrolysis) is 1. The third-order valence-electron chi connectivity index (χ3n) is 3.89. The Balaban J connectivity index is 2.08. The molecule has 6 nitrogen and oxygen atoms in total. The Morgan fingerprint density at radius 1 is 1.40 bits per heavy atom. The van der Waals surface area contributed by atoms with Gasteiger partial charge in [0.2, 0.25) is 0 Å². The summed E-state index contributed by atoms with van der Waals surface area (Å²) < 4.78 is 10.8. The van der Waals surface area contributed by atoms with E-state index < -0.39 is 17.2 Å². The van der Waals surface area contributed by atoms with Crippen molar-refractivity contribution < 1.29 is 14.3 Å². The Kier molecular flexibility index (Phi) is 3.94. The van der Waals surface area contributed by atoms with Crippen molar-refractivity contribution in [2.24, 2.45) is 0 Å². The Bertz CT molecular complexity index is 410. The molecule has 112 valence electrons. The SMILES string of the molecule is CN1C2COCC1CC(C#N)(NC(=O)OC(C)(C)C)C2. The highest BCUT2D eigenvalue weighted by molar-refractivity contribution is 5.69. The van der Waals surface area contributed by atoms with Gasteiger partial charge in [-0.25, -0.2) is 4.79 Å². The zero-order valence-corrected chi connectivity index (χ0v) is 12.6. The summed E-state index contributed by atoms with van der Waals surface area (Å²) in [5, 5.41) is 12.3. The predicted molar refractivity (Wildman–Crippen MR) is 73.1 cm³/mol. The molecule has 2 unspecified atom stereocenters. The Morgan fingerprint density at radius 3 is 2.40 bits per heavy atom. The largest absolute Gasteiger partial charge is 0.444 e. The number of hydrogen-bond acceptors (Lipinski definition) is 5. The van der Waals surface area contributed by atoms with Crippen molar-refractivity contribution >= 4 is 6.09 Å². The molecule has 2 aliphatic rings. The minimum absolute atomic E-state index is 0.164. The van der Waals surface area contributed by atoms with E-state index in [1.54, 1.807) is 0 Å². The van der Waals surface area contributed by atoms with E-state index >= 15 is 0 Å². The van der Waals surface area contributed by atoms with Gasteiger partial charge in [-0.2, -0.15) is 5.26 Å². The smallest absolute Gasteiger partial charge is 0.408 e. The van der Waals surface area contributed by atoms with Crippen molar-refractivity contribution in [1.29, 1.82) is 5.26 Å². The molecular formula is C14H23N3O3. The lowest BCUT2D eigenvalue weighted by Crippen LogP contribution is -2.65. The van der Waals surface area contributed by atoms with Crippen LogP contribution in [0.15, 0.2) is 0 Å². The fraction of sp³-hybridized carbons (Fsp3) is 0.857. The second-order valence-electron chi connectivity index (χ2n) is 6.74. The zero-order valence-electron chi connectivity index (χ0n) is 12.6. The maximum Gasteiger partial charge on any atom is 0.408 e. The molecule has 2 heterocycles. The van der Waals surface area contributed by atoms with Crippen molar-refractivity contribution in [2.45, 2.75) is 56.8 Å². The number of rotatable bonds is 1. The maximum absolute atomic E-state index is 12.0. The van der Waals surface area contributed by atoms with Gasteiger partial charge in [-0.05, 0) is 27.8 Å². The maximum atomic E-state index is 12.0. The Morgan fingerprint density at radius 2 is 1.95 bits per heavy atom. The number of nitrogens with zero attached hydrogens (tertiary/aromatic N) is 2. The van der Waals surface area contributed by atoms with Gasteiger partial charge < -0.3 is 14.8 Å². The third kappa shape index (κ3) is 3.22. The summed E-state index contributed by atoms with van der Waals surface area (Å²) in [7, 11) is 2.05. The van der Waals surface area contributed by atoms with E-state index in [1.807, 2.05) is 27.8 Å². The number of carbonyl (C=O) groups is 1. The molecule has 0 spiro atoms. The van der Waals surface area contributed by atoms with Crippen LogP contribution in [0.1, 0.15) is 33.6 Å². The van der Waals surface area contributed by atoms with Crippen molar-refractivity contribution in [3.05, 3.63) is 0 Å². The first-order chi connectivity index (χ1) is 9.25. The van der Waals surface area contributed by atoms with Gasteiger partial charge in [0.15, 0.2) is 0 Å². The molecule has 1 N–H and O–H groups in total. The van der Waals surface area contributed by atoms with Crippen LogP contribution in [-0.2, 0) is 9.47 Å². The van der Waals surface area contributed by atoms with Gasteiger partial charge in [0.1, 0.15) is 11.1 Å². The van der Waals surface area contributed by atoms with Gasteiger partial charge in [0, 0.05) is 24.9 Å². The Labute approximate surface area is 120 Å². The molecule has 2 atom stereocenters. The normalized spacial score (nSPS) is 34.1. The molecule has 2 fully saturated rings. The number of nitriles is 1. The van der Waals surface area contributed by atoms with Gasteiger partial charge in [0.05, 0.1) is 19.3 Å². The van der Waals surface area contributed by atoms with Crippen LogP contribution in [0.2, 0.25) is 0 Å². The molecule has 0 radical (unpaired) electrons. The molecule has 0 aromatic rings. The van der Waals surface area contributed by atoms with Crippen molar-refractivity contribution in [3.8, 4) is 6.07 Å². The third-order valence-corrected chi connectivity index (χ3v) is 3.89. The number of morpholine rings is 1. The molecule has 0 saturated carbocycles. The summed E-state index contributed by atoms with van der Waals surface area (Å²) in [6, 6.07) is 2.62. The standard InChI is InChI=1S/C14H23N3O3/c1-13(2,3)20-12(18)16-14(9-15)5-10-7-19-8-11(6-14)17(10)4/h10-11H,5-8H2,1-4H3,(H,16,18). The molecule has 1 amide bonds. The average Bonchev–Trinajstić information content (AvgIpc) is 2.28. The lowest BCUT2D eigenvalue weighted by atomic mass is 9.80. The number of piperidine rings is 1. The van der Waals surface area contributed by atoms with E-state index in [9.17, 15) is 10.1 Å². The number of hydrogen-bond donors (Lipinski definition) is 1. The second kappa shape index (κ2) is 5.23. The monoisotopic (exact) mass is 281 g/mol. The topological polar surface area (TPSA) is 74.6 Å². The summed E-state index contributed by atoms with van der Waals surface area (Å²) in [6.07, 6.45) is 0.605. The summed E-state index contributed by atoms with van der Waals surface area (Å²) in [5.41, 5.74) is -1.42. The van der Waals surface area contributed by atoms with Crippen molar-refractivity contribution in [3.63, 3.8) is 0 Å². The van der Waals surface area contributed by atoms with Crippen molar-refractivity contribution in [2.75, 3.05) is 20.3 Å². The van der Waals surface area contributed by atoms with Crippen LogP contribution < -0.4 is 5.32 Å². The molecule has 20 heavy (non-hydrogen) atoms.